The normalized spacial score (nSPS) is 27.5. The molecule has 0 saturated carbocycles. The van der Waals surface area contributed by atoms with Gasteiger partial charge in [0.1, 0.15) is 5.15 Å². The van der Waals surface area contributed by atoms with Crippen molar-refractivity contribution in [2.75, 3.05) is 11.5 Å². The summed E-state index contributed by atoms with van der Waals surface area (Å²) < 4.78 is 24.7. The molecule has 96 valence electrons. The summed E-state index contributed by atoms with van der Waals surface area (Å²) >= 11 is 6.14. The predicted molar refractivity (Wildman–Crippen MR) is 64.8 cm³/mol. The zero-order chi connectivity index (χ0) is 12.8. The maximum Gasteiger partial charge on any atom is 0.152 e. The number of aliphatic hydroxyl groups excluding tert-OH is 1. The number of hydrogen-bond acceptors (Lipinski definition) is 4. The Bertz CT molecular complexity index is 552. The van der Waals surface area contributed by atoms with E-state index in [0.29, 0.717) is 22.8 Å². The molecule has 0 bridgehead atoms. The summed E-state index contributed by atoms with van der Waals surface area (Å²) in [5.74, 6) is 0.207. The molecule has 0 spiro atoms. The van der Waals surface area contributed by atoms with Gasteiger partial charge in [0.2, 0.25) is 0 Å². The highest BCUT2D eigenvalue weighted by Gasteiger charge is 2.42. The molecule has 1 saturated heterocycles. The summed E-state index contributed by atoms with van der Waals surface area (Å²) in [7, 11) is -3.01. The van der Waals surface area contributed by atoms with E-state index in [9.17, 15) is 13.5 Å². The smallest absolute Gasteiger partial charge is 0.152 e. The Morgan fingerprint density at radius 3 is 2.65 bits per heavy atom. The van der Waals surface area contributed by atoms with Gasteiger partial charge in [0.15, 0.2) is 9.84 Å². The Kier molecular flexibility index (Phi) is 3.00. The van der Waals surface area contributed by atoms with Crippen LogP contribution >= 0.6 is 11.6 Å². The van der Waals surface area contributed by atoms with Gasteiger partial charge in [-0.05, 0) is 20.3 Å². The van der Waals surface area contributed by atoms with Gasteiger partial charge in [0.05, 0.1) is 29.3 Å². The number of sulfone groups is 1. The van der Waals surface area contributed by atoms with Gasteiger partial charge in [-0.25, -0.2) is 13.1 Å². The van der Waals surface area contributed by atoms with E-state index in [1.165, 1.54) is 0 Å². The largest absolute Gasteiger partial charge is 0.391 e. The molecule has 1 N–H and O–H groups in total. The van der Waals surface area contributed by atoms with E-state index < -0.39 is 15.4 Å². The van der Waals surface area contributed by atoms with E-state index in [1.54, 1.807) is 11.6 Å². The minimum Gasteiger partial charge on any atom is -0.391 e. The molecule has 0 amide bonds. The lowest BCUT2D eigenvalue weighted by molar-refractivity contribution is 0.280. The molecule has 1 unspecified atom stereocenters. The van der Waals surface area contributed by atoms with Crippen LogP contribution in [0, 0.1) is 6.92 Å². The van der Waals surface area contributed by atoms with Crippen molar-refractivity contribution in [3.05, 3.63) is 16.4 Å². The maximum absolute atomic E-state index is 11.6. The van der Waals surface area contributed by atoms with Crippen molar-refractivity contribution in [1.29, 1.82) is 0 Å². The fraction of sp³-hybridized carbons (Fsp3) is 0.700. The molecule has 1 atom stereocenters. The molecule has 1 aliphatic heterocycles. The van der Waals surface area contributed by atoms with Crippen LogP contribution in [0.4, 0.5) is 0 Å². The first-order valence-electron chi connectivity index (χ1n) is 5.35. The van der Waals surface area contributed by atoms with Gasteiger partial charge in [-0.3, -0.25) is 0 Å². The Labute approximate surface area is 105 Å². The SMILES string of the molecule is Cc1nn(C2(C)CCS(=O)(=O)C2)c(Cl)c1CO. The first-order chi connectivity index (χ1) is 7.79. The molecule has 0 radical (unpaired) electrons. The van der Waals surface area contributed by atoms with Crippen molar-refractivity contribution in [3.8, 4) is 0 Å². The molecule has 17 heavy (non-hydrogen) atoms. The number of aromatic nitrogens is 2. The van der Waals surface area contributed by atoms with Crippen molar-refractivity contribution in [1.82, 2.24) is 9.78 Å². The first kappa shape index (κ1) is 12.9. The highest BCUT2D eigenvalue weighted by molar-refractivity contribution is 7.91. The minimum atomic E-state index is -3.01. The number of aliphatic hydroxyl groups is 1. The highest BCUT2D eigenvalue weighted by atomic mass is 35.5. The van der Waals surface area contributed by atoms with Crippen molar-refractivity contribution in [2.24, 2.45) is 0 Å². The Morgan fingerprint density at radius 1 is 1.59 bits per heavy atom. The molecule has 0 aromatic carbocycles. The van der Waals surface area contributed by atoms with Crippen LogP contribution in [0.2, 0.25) is 5.15 Å². The summed E-state index contributed by atoms with van der Waals surface area (Å²) in [5, 5.41) is 13.8. The van der Waals surface area contributed by atoms with Crippen LogP contribution in [0.15, 0.2) is 0 Å². The summed E-state index contributed by atoms with van der Waals surface area (Å²) in [4.78, 5) is 0. The molecule has 1 fully saturated rings. The average molecular weight is 279 g/mol. The van der Waals surface area contributed by atoms with E-state index in [-0.39, 0.29) is 18.1 Å². The maximum atomic E-state index is 11.6. The predicted octanol–water partition coefficient (Wildman–Crippen LogP) is 0.871. The van der Waals surface area contributed by atoms with Gasteiger partial charge in [-0.2, -0.15) is 5.10 Å². The lowest BCUT2D eigenvalue weighted by Gasteiger charge is -2.23. The monoisotopic (exact) mass is 278 g/mol. The van der Waals surface area contributed by atoms with Crippen molar-refractivity contribution in [3.63, 3.8) is 0 Å². The zero-order valence-electron chi connectivity index (χ0n) is 9.77. The lowest BCUT2D eigenvalue weighted by Crippen LogP contribution is -2.32. The fourth-order valence-electron chi connectivity index (χ4n) is 2.23. The second kappa shape index (κ2) is 3.96. The highest BCUT2D eigenvalue weighted by Crippen LogP contribution is 2.34. The number of halogens is 1. The van der Waals surface area contributed by atoms with Crippen LogP contribution in [0.5, 0.6) is 0 Å². The van der Waals surface area contributed by atoms with Crippen LogP contribution in [-0.2, 0) is 22.0 Å². The molecule has 2 rings (SSSR count). The van der Waals surface area contributed by atoms with Gasteiger partial charge >= 0.3 is 0 Å². The summed E-state index contributed by atoms with van der Waals surface area (Å²) in [6.45, 7) is 3.39. The van der Waals surface area contributed by atoms with Crippen LogP contribution < -0.4 is 0 Å². The molecule has 1 aromatic rings. The van der Waals surface area contributed by atoms with E-state index in [4.69, 9.17) is 11.6 Å². The van der Waals surface area contributed by atoms with Gasteiger partial charge in [0.25, 0.3) is 0 Å². The van der Waals surface area contributed by atoms with Crippen LogP contribution in [0.3, 0.4) is 0 Å². The van der Waals surface area contributed by atoms with Gasteiger partial charge < -0.3 is 5.11 Å². The third-order valence-electron chi connectivity index (χ3n) is 3.27. The second-order valence-electron chi connectivity index (χ2n) is 4.76. The molecular formula is C10H15ClN2O3S. The number of rotatable bonds is 2. The fourth-order valence-corrected chi connectivity index (χ4v) is 4.78. The summed E-state index contributed by atoms with van der Waals surface area (Å²) in [6, 6.07) is 0. The molecule has 2 heterocycles. The van der Waals surface area contributed by atoms with E-state index in [0.717, 1.165) is 0 Å². The van der Waals surface area contributed by atoms with E-state index in [2.05, 4.69) is 5.10 Å². The van der Waals surface area contributed by atoms with Crippen molar-refractivity contribution < 1.29 is 13.5 Å². The summed E-state index contributed by atoms with van der Waals surface area (Å²) in [5.41, 5.74) is 0.605. The van der Waals surface area contributed by atoms with Crippen LogP contribution in [0.25, 0.3) is 0 Å². The lowest BCUT2D eigenvalue weighted by atomic mass is 10.0. The van der Waals surface area contributed by atoms with Crippen molar-refractivity contribution in [2.45, 2.75) is 32.4 Å². The molecule has 0 aliphatic carbocycles. The number of nitrogens with zero attached hydrogens (tertiary/aromatic N) is 2. The Morgan fingerprint density at radius 2 is 2.24 bits per heavy atom. The minimum absolute atomic E-state index is 0.0473. The van der Waals surface area contributed by atoms with Crippen LogP contribution in [-0.4, -0.2) is 34.8 Å². The van der Waals surface area contributed by atoms with Crippen LogP contribution in [0.1, 0.15) is 24.6 Å². The molecule has 5 nitrogen and oxygen atoms in total. The summed E-state index contributed by atoms with van der Waals surface area (Å²) in [6.07, 6.45) is 0.501. The van der Waals surface area contributed by atoms with E-state index in [1.807, 2.05) is 6.92 Å². The van der Waals surface area contributed by atoms with Gasteiger partial charge in [0, 0.05) is 5.56 Å². The number of hydrogen-bond donors (Lipinski definition) is 1. The second-order valence-corrected chi connectivity index (χ2v) is 7.31. The first-order valence-corrected chi connectivity index (χ1v) is 7.55. The van der Waals surface area contributed by atoms with Crippen molar-refractivity contribution >= 4 is 21.4 Å². The quantitative estimate of drug-likeness (QED) is 0.871. The average Bonchev–Trinajstić information content (AvgIpc) is 2.66. The molecule has 1 aromatic heterocycles. The van der Waals surface area contributed by atoms with E-state index >= 15 is 0 Å². The molecule has 7 heteroatoms. The molecule has 1 aliphatic rings. The zero-order valence-corrected chi connectivity index (χ0v) is 11.3. The van der Waals surface area contributed by atoms with Gasteiger partial charge in [-0.1, -0.05) is 11.6 Å². The number of aryl methyl sites for hydroxylation is 1. The Hall–Kier alpha value is -0.590. The van der Waals surface area contributed by atoms with Gasteiger partial charge in [-0.15, -0.1) is 0 Å². The standard InChI is InChI=1S/C10H15ClN2O3S/c1-7-8(5-14)9(11)13(12-7)10(2)3-4-17(15,16)6-10/h14H,3-6H2,1-2H3. The Balaban J connectivity index is 2.48. The third kappa shape index (κ3) is 2.09. The third-order valence-corrected chi connectivity index (χ3v) is 5.55. The topological polar surface area (TPSA) is 72.2 Å². The molecular weight excluding hydrogens is 264 g/mol.